The number of hydrogen-bond acceptors (Lipinski definition) is 4. The first-order chi connectivity index (χ1) is 11.9. The Morgan fingerprint density at radius 3 is 2.36 bits per heavy atom. The molecule has 0 unspecified atom stereocenters. The van der Waals surface area contributed by atoms with Gasteiger partial charge >= 0.3 is 0 Å². The molecule has 1 saturated heterocycles. The standard InChI is InChI=1S/C19H24N2O3S/c1-14-6-8-17(12-15(14)2)25(22,23)20-18-13-16(7-9-19(18)24-3)21-10-4-5-11-21/h6-9,12-13,20H,4-5,10-11H2,1-3H3. The van der Waals surface area contributed by atoms with Crippen LogP contribution in [0.15, 0.2) is 41.3 Å². The molecule has 5 nitrogen and oxygen atoms in total. The fourth-order valence-corrected chi connectivity index (χ4v) is 4.18. The van der Waals surface area contributed by atoms with Crippen molar-refractivity contribution in [2.45, 2.75) is 31.6 Å². The van der Waals surface area contributed by atoms with Crippen LogP contribution in [0.3, 0.4) is 0 Å². The van der Waals surface area contributed by atoms with Crippen LogP contribution < -0.4 is 14.4 Å². The van der Waals surface area contributed by atoms with Crippen LogP contribution in [0.25, 0.3) is 0 Å². The molecule has 0 saturated carbocycles. The second-order valence-corrected chi connectivity index (χ2v) is 8.11. The third-order valence-corrected chi connectivity index (χ3v) is 6.05. The lowest BCUT2D eigenvalue weighted by Crippen LogP contribution is -2.18. The lowest BCUT2D eigenvalue weighted by atomic mass is 10.1. The van der Waals surface area contributed by atoms with Crippen molar-refractivity contribution in [2.75, 3.05) is 29.8 Å². The molecule has 25 heavy (non-hydrogen) atoms. The summed E-state index contributed by atoms with van der Waals surface area (Å²) in [7, 11) is -2.13. The Kier molecular flexibility index (Phi) is 4.90. The summed E-state index contributed by atoms with van der Waals surface area (Å²) in [5.41, 5.74) is 3.48. The van der Waals surface area contributed by atoms with E-state index in [0.717, 1.165) is 42.7 Å². The van der Waals surface area contributed by atoms with Crippen LogP contribution in [-0.2, 0) is 10.0 Å². The van der Waals surface area contributed by atoms with Crippen LogP contribution in [0.2, 0.25) is 0 Å². The summed E-state index contributed by atoms with van der Waals surface area (Å²) in [5.74, 6) is 0.510. The van der Waals surface area contributed by atoms with Crippen molar-refractivity contribution >= 4 is 21.4 Å². The third kappa shape index (κ3) is 3.74. The van der Waals surface area contributed by atoms with Crippen molar-refractivity contribution in [1.29, 1.82) is 0 Å². The minimum absolute atomic E-state index is 0.254. The number of nitrogens with zero attached hydrogens (tertiary/aromatic N) is 1. The molecule has 2 aromatic rings. The SMILES string of the molecule is COc1ccc(N2CCCC2)cc1NS(=O)(=O)c1ccc(C)c(C)c1. The number of benzene rings is 2. The Morgan fingerprint density at radius 2 is 1.72 bits per heavy atom. The lowest BCUT2D eigenvalue weighted by molar-refractivity contribution is 0.417. The van der Waals surface area contributed by atoms with Gasteiger partial charge < -0.3 is 9.64 Å². The average molecular weight is 360 g/mol. The maximum absolute atomic E-state index is 12.8. The molecule has 2 aromatic carbocycles. The van der Waals surface area contributed by atoms with Crippen LogP contribution in [0.4, 0.5) is 11.4 Å². The van der Waals surface area contributed by atoms with E-state index in [0.29, 0.717) is 11.4 Å². The van der Waals surface area contributed by atoms with Crippen molar-refractivity contribution in [3.05, 3.63) is 47.5 Å². The molecule has 1 heterocycles. The molecule has 0 radical (unpaired) electrons. The molecule has 0 bridgehead atoms. The molecule has 0 amide bonds. The summed E-state index contributed by atoms with van der Waals surface area (Å²) in [6.07, 6.45) is 2.32. The predicted molar refractivity (Wildman–Crippen MR) is 101 cm³/mol. The van der Waals surface area contributed by atoms with E-state index >= 15 is 0 Å². The van der Waals surface area contributed by atoms with E-state index in [1.165, 1.54) is 0 Å². The molecule has 0 spiro atoms. The van der Waals surface area contributed by atoms with Crippen molar-refractivity contribution < 1.29 is 13.2 Å². The first-order valence-electron chi connectivity index (χ1n) is 8.44. The maximum atomic E-state index is 12.8. The average Bonchev–Trinajstić information content (AvgIpc) is 3.11. The Bertz CT molecular complexity index is 872. The topological polar surface area (TPSA) is 58.6 Å². The monoisotopic (exact) mass is 360 g/mol. The maximum Gasteiger partial charge on any atom is 0.262 e. The van der Waals surface area contributed by atoms with E-state index in [9.17, 15) is 8.42 Å². The van der Waals surface area contributed by atoms with Gasteiger partial charge in [-0.3, -0.25) is 4.72 Å². The smallest absolute Gasteiger partial charge is 0.262 e. The zero-order valence-electron chi connectivity index (χ0n) is 14.9. The number of sulfonamides is 1. The highest BCUT2D eigenvalue weighted by Crippen LogP contribution is 2.33. The van der Waals surface area contributed by atoms with Crippen LogP contribution in [0.1, 0.15) is 24.0 Å². The Hall–Kier alpha value is -2.21. The minimum atomic E-state index is -3.67. The highest BCUT2D eigenvalue weighted by Gasteiger charge is 2.19. The summed E-state index contributed by atoms with van der Waals surface area (Å²) in [4.78, 5) is 2.51. The van der Waals surface area contributed by atoms with Crippen molar-refractivity contribution in [2.24, 2.45) is 0 Å². The molecule has 0 aromatic heterocycles. The summed E-state index contributed by atoms with van der Waals surface area (Å²) >= 11 is 0. The summed E-state index contributed by atoms with van der Waals surface area (Å²) in [5, 5.41) is 0. The number of rotatable bonds is 5. The van der Waals surface area contributed by atoms with Crippen LogP contribution >= 0.6 is 0 Å². The van der Waals surface area contributed by atoms with Gasteiger partial charge in [-0.2, -0.15) is 0 Å². The third-order valence-electron chi connectivity index (χ3n) is 4.69. The second kappa shape index (κ2) is 6.96. The normalized spacial score (nSPS) is 14.6. The highest BCUT2D eigenvalue weighted by molar-refractivity contribution is 7.92. The summed E-state index contributed by atoms with van der Waals surface area (Å²) in [6.45, 7) is 5.86. The molecule has 6 heteroatoms. The fourth-order valence-electron chi connectivity index (χ4n) is 3.03. The van der Waals surface area contributed by atoms with Gasteiger partial charge in [-0.25, -0.2) is 8.42 Å². The molecule has 3 rings (SSSR count). The van der Waals surface area contributed by atoms with Gasteiger partial charge in [0, 0.05) is 18.8 Å². The molecular weight excluding hydrogens is 336 g/mol. The van der Waals surface area contributed by atoms with Gasteiger partial charge in [-0.05, 0) is 68.1 Å². The minimum Gasteiger partial charge on any atom is -0.495 e. The van der Waals surface area contributed by atoms with Crippen LogP contribution in [-0.4, -0.2) is 28.6 Å². The quantitative estimate of drug-likeness (QED) is 0.883. The highest BCUT2D eigenvalue weighted by atomic mass is 32.2. The number of nitrogens with one attached hydrogen (secondary N) is 1. The van der Waals surface area contributed by atoms with Gasteiger partial charge in [0.15, 0.2) is 0 Å². The Morgan fingerprint density at radius 1 is 1.00 bits per heavy atom. The predicted octanol–water partition coefficient (Wildman–Crippen LogP) is 3.71. The molecular formula is C19H24N2O3S. The summed E-state index contributed by atoms with van der Waals surface area (Å²) in [6, 6.07) is 10.8. The van der Waals surface area contributed by atoms with E-state index in [4.69, 9.17) is 4.74 Å². The van der Waals surface area contributed by atoms with Crippen LogP contribution in [0.5, 0.6) is 5.75 Å². The van der Waals surface area contributed by atoms with Gasteiger partial charge in [0.2, 0.25) is 0 Å². The first kappa shape index (κ1) is 17.6. The second-order valence-electron chi connectivity index (χ2n) is 6.43. The van der Waals surface area contributed by atoms with Gasteiger partial charge in [-0.1, -0.05) is 6.07 Å². The lowest BCUT2D eigenvalue weighted by Gasteiger charge is -2.20. The molecule has 0 atom stereocenters. The molecule has 1 fully saturated rings. The van der Waals surface area contributed by atoms with Crippen molar-refractivity contribution in [3.8, 4) is 5.75 Å². The van der Waals surface area contributed by atoms with E-state index in [2.05, 4.69) is 9.62 Å². The molecule has 1 aliphatic rings. The number of anilines is 2. The van der Waals surface area contributed by atoms with Crippen molar-refractivity contribution in [1.82, 2.24) is 0 Å². The Labute approximate surface area is 149 Å². The van der Waals surface area contributed by atoms with Gasteiger partial charge in [0.05, 0.1) is 17.7 Å². The zero-order chi connectivity index (χ0) is 18.0. The number of methoxy groups -OCH3 is 1. The van der Waals surface area contributed by atoms with E-state index < -0.39 is 10.0 Å². The number of ether oxygens (including phenoxy) is 1. The Balaban J connectivity index is 1.94. The summed E-state index contributed by atoms with van der Waals surface area (Å²) < 4.78 is 33.6. The number of aryl methyl sites for hydroxylation is 2. The molecule has 0 aliphatic carbocycles. The zero-order valence-corrected chi connectivity index (χ0v) is 15.7. The fraction of sp³-hybridized carbons (Fsp3) is 0.368. The molecule has 1 aliphatic heterocycles. The first-order valence-corrected chi connectivity index (χ1v) is 9.92. The van der Waals surface area contributed by atoms with Crippen molar-refractivity contribution in [3.63, 3.8) is 0 Å². The largest absolute Gasteiger partial charge is 0.495 e. The van der Waals surface area contributed by atoms with Crippen LogP contribution in [0, 0.1) is 13.8 Å². The molecule has 1 N–H and O–H groups in total. The van der Waals surface area contributed by atoms with E-state index in [1.54, 1.807) is 19.2 Å². The van der Waals surface area contributed by atoms with Gasteiger partial charge in [-0.15, -0.1) is 0 Å². The number of hydrogen-bond donors (Lipinski definition) is 1. The van der Waals surface area contributed by atoms with Gasteiger partial charge in [0.25, 0.3) is 10.0 Å². The van der Waals surface area contributed by atoms with Gasteiger partial charge in [0.1, 0.15) is 5.75 Å². The van der Waals surface area contributed by atoms with E-state index in [-0.39, 0.29) is 4.90 Å². The van der Waals surface area contributed by atoms with E-state index in [1.807, 2.05) is 38.1 Å². The molecule has 134 valence electrons.